The zero-order valence-electron chi connectivity index (χ0n) is 7.36. The number of aromatic nitrogens is 2. The second-order valence-corrected chi connectivity index (χ2v) is 3.81. The van der Waals surface area contributed by atoms with Gasteiger partial charge in [-0.05, 0) is 11.4 Å². The number of carbonyl (C=O) groups excluding carboxylic acids is 1. The summed E-state index contributed by atoms with van der Waals surface area (Å²) < 4.78 is 0. The van der Waals surface area contributed by atoms with Crippen LogP contribution in [0.3, 0.4) is 0 Å². The van der Waals surface area contributed by atoms with Crippen LogP contribution in [0.2, 0.25) is 0 Å². The first-order valence-corrected chi connectivity index (χ1v) is 5.04. The van der Waals surface area contributed by atoms with E-state index < -0.39 is 0 Å². The monoisotopic (exact) mass is 207 g/mol. The Morgan fingerprint density at radius 3 is 3.14 bits per heavy atom. The van der Waals surface area contributed by atoms with Crippen molar-refractivity contribution in [3.63, 3.8) is 0 Å². The van der Waals surface area contributed by atoms with E-state index in [2.05, 4.69) is 15.5 Å². The van der Waals surface area contributed by atoms with Gasteiger partial charge in [0.05, 0.1) is 12.6 Å². The summed E-state index contributed by atoms with van der Waals surface area (Å²) in [5, 5.41) is 11.1. The van der Waals surface area contributed by atoms with E-state index in [9.17, 15) is 4.79 Å². The first-order valence-electron chi connectivity index (χ1n) is 4.16. The van der Waals surface area contributed by atoms with Gasteiger partial charge in [0.25, 0.3) is 0 Å². The molecule has 2 aromatic rings. The Kier molecular flexibility index (Phi) is 2.60. The molecule has 0 atom stereocenters. The van der Waals surface area contributed by atoms with Crippen molar-refractivity contribution in [1.82, 2.24) is 10.2 Å². The molecule has 2 N–H and O–H groups in total. The third-order valence-electron chi connectivity index (χ3n) is 1.69. The van der Waals surface area contributed by atoms with Gasteiger partial charge in [0.15, 0.2) is 0 Å². The standard InChI is InChI=1S/C9H9N3OS/c13-9(6-7-2-1-5-14-7)11-8-3-4-10-12-8/h1-5H,6H2,(H2,10,11,12,13). The lowest BCUT2D eigenvalue weighted by Gasteiger charge is -1.99. The summed E-state index contributed by atoms with van der Waals surface area (Å²) in [5.41, 5.74) is 0. The Morgan fingerprint density at radius 2 is 2.50 bits per heavy atom. The average Bonchev–Trinajstić information content (AvgIpc) is 2.76. The van der Waals surface area contributed by atoms with Crippen molar-refractivity contribution in [2.24, 2.45) is 0 Å². The lowest BCUT2D eigenvalue weighted by Crippen LogP contribution is -2.13. The van der Waals surface area contributed by atoms with Crippen LogP contribution in [-0.2, 0) is 11.2 Å². The summed E-state index contributed by atoms with van der Waals surface area (Å²) in [5.74, 6) is 0.600. The van der Waals surface area contributed by atoms with Crippen molar-refractivity contribution in [3.05, 3.63) is 34.7 Å². The molecule has 0 fully saturated rings. The number of hydrogen-bond acceptors (Lipinski definition) is 3. The molecule has 2 heterocycles. The molecule has 1 amide bonds. The number of thiophene rings is 1. The molecule has 0 spiro atoms. The minimum atomic E-state index is -0.0308. The van der Waals surface area contributed by atoms with Crippen molar-refractivity contribution in [2.75, 3.05) is 5.32 Å². The van der Waals surface area contributed by atoms with E-state index in [1.807, 2.05) is 17.5 Å². The van der Waals surface area contributed by atoms with Crippen molar-refractivity contribution in [2.45, 2.75) is 6.42 Å². The van der Waals surface area contributed by atoms with E-state index >= 15 is 0 Å². The Morgan fingerprint density at radius 1 is 1.57 bits per heavy atom. The Bertz CT molecular complexity index is 355. The molecular weight excluding hydrogens is 198 g/mol. The number of rotatable bonds is 3. The molecule has 2 rings (SSSR count). The third-order valence-corrected chi connectivity index (χ3v) is 2.57. The van der Waals surface area contributed by atoms with Gasteiger partial charge in [0, 0.05) is 10.9 Å². The van der Waals surface area contributed by atoms with Gasteiger partial charge in [0.1, 0.15) is 5.82 Å². The lowest BCUT2D eigenvalue weighted by molar-refractivity contribution is -0.115. The fourth-order valence-electron chi connectivity index (χ4n) is 1.09. The highest BCUT2D eigenvalue weighted by atomic mass is 32.1. The molecule has 0 bridgehead atoms. The van der Waals surface area contributed by atoms with E-state index in [4.69, 9.17) is 0 Å². The smallest absolute Gasteiger partial charge is 0.230 e. The third kappa shape index (κ3) is 2.20. The highest BCUT2D eigenvalue weighted by Gasteiger charge is 2.04. The predicted octanol–water partition coefficient (Wildman–Crippen LogP) is 1.65. The van der Waals surface area contributed by atoms with Gasteiger partial charge in [-0.1, -0.05) is 6.07 Å². The number of hydrogen-bond donors (Lipinski definition) is 2. The van der Waals surface area contributed by atoms with Crippen LogP contribution in [-0.4, -0.2) is 16.1 Å². The van der Waals surface area contributed by atoms with Gasteiger partial charge >= 0.3 is 0 Å². The molecule has 2 aromatic heterocycles. The number of carbonyl (C=O) groups is 1. The quantitative estimate of drug-likeness (QED) is 0.804. The Labute approximate surface area is 85.0 Å². The number of aromatic amines is 1. The average molecular weight is 207 g/mol. The number of anilines is 1. The Hall–Kier alpha value is -1.62. The van der Waals surface area contributed by atoms with E-state index in [0.717, 1.165) is 4.88 Å². The number of nitrogens with zero attached hydrogens (tertiary/aromatic N) is 1. The minimum absolute atomic E-state index is 0.0308. The van der Waals surface area contributed by atoms with Crippen LogP contribution < -0.4 is 5.32 Å². The predicted molar refractivity (Wildman–Crippen MR) is 55.2 cm³/mol. The maximum Gasteiger partial charge on any atom is 0.230 e. The second kappa shape index (κ2) is 4.06. The largest absolute Gasteiger partial charge is 0.311 e. The Balaban J connectivity index is 1.91. The van der Waals surface area contributed by atoms with Crippen LogP contribution >= 0.6 is 11.3 Å². The van der Waals surface area contributed by atoms with Gasteiger partial charge in [-0.3, -0.25) is 9.89 Å². The van der Waals surface area contributed by atoms with Gasteiger partial charge in [-0.2, -0.15) is 5.10 Å². The van der Waals surface area contributed by atoms with Crippen LogP contribution in [0.5, 0.6) is 0 Å². The van der Waals surface area contributed by atoms with Gasteiger partial charge in [-0.25, -0.2) is 0 Å². The maximum atomic E-state index is 11.4. The van der Waals surface area contributed by atoms with Gasteiger partial charge in [-0.15, -0.1) is 11.3 Å². The molecular formula is C9H9N3OS. The SMILES string of the molecule is O=C(Cc1cccs1)Nc1ccn[nH]1. The molecule has 0 aliphatic heterocycles. The molecule has 0 unspecified atom stereocenters. The summed E-state index contributed by atoms with van der Waals surface area (Å²) in [6, 6.07) is 5.59. The summed E-state index contributed by atoms with van der Waals surface area (Å²) in [6.07, 6.45) is 2.01. The summed E-state index contributed by atoms with van der Waals surface area (Å²) in [4.78, 5) is 12.5. The number of nitrogens with one attached hydrogen (secondary N) is 2. The van der Waals surface area contributed by atoms with E-state index in [0.29, 0.717) is 12.2 Å². The van der Waals surface area contributed by atoms with Gasteiger partial charge < -0.3 is 5.32 Å². The summed E-state index contributed by atoms with van der Waals surface area (Å²) in [6.45, 7) is 0. The summed E-state index contributed by atoms with van der Waals surface area (Å²) >= 11 is 1.58. The topological polar surface area (TPSA) is 57.8 Å². The van der Waals surface area contributed by atoms with E-state index in [1.165, 1.54) is 0 Å². The van der Waals surface area contributed by atoms with E-state index in [-0.39, 0.29) is 5.91 Å². The first-order chi connectivity index (χ1) is 6.84. The van der Waals surface area contributed by atoms with Crippen LogP contribution in [0.4, 0.5) is 5.82 Å². The maximum absolute atomic E-state index is 11.4. The molecule has 0 saturated carbocycles. The molecule has 0 aromatic carbocycles. The highest BCUT2D eigenvalue weighted by molar-refractivity contribution is 7.10. The van der Waals surface area contributed by atoms with E-state index in [1.54, 1.807) is 23.6 Å². The zero-order chi connectivity index (χ0) is 9.80. The second-order valence-electron chi connectivity index (χ2n) is 2.77. The summed E-state index contributed by atoms with van der Waals surface area (Å²) in [7, 11) is 0. The van der Waals surface area contributed by atoms with Crippen LogP contribution in [0.1, 0.15) is 4.88 Å². The van der Waals surface area contributed by atoms with Crippen LogP contribution in [0.15, 0.2) is 29.8 Å². The molecule has 14 heavy (non-hydrogen) atoms. The molecule has 72 valence electrons. The number of amides is 1. The molecule has 0 radical (unpaired) electrons. The molecule has 0 aliphatic rings. The van der Waals surface area contributed by atoms with Crippen molar-refractivity contribution in [1.29, 1.82) is 0 Å². The van der Waals surface area contributed by atoms with Crippen molar-refractivity contribution in [3.8, 4) is 0 Å². The molecule has 0 saturated heterocycles. The minimum Gasteiger partial charge on any atom is -0.311 e. The van der Waals surface area contributed by atoms with Crippen molar-refractivity contribution >= 4 is 23.1 Å². The van der Waals surface area contributed by atoms with Gasteiger partial charge in [0.2, 0.25) is 5.91 Å². The first kappa shape index (κ1) is 8.96. The molecule has 5 heteroatoms. The molecule has 0 aliphatic carbocycles. The zero-order valence-corrected chi connectivity index (χ0v) is 8.17. The van der Waals surface area contributed by atoms with Crippen LogP contribution in [0.25, 0.3) is 0 Å². The van der Waals surface area contributed by atoms with Crippen LogP contribution in [0, 0.1) is 0 Å². The fraction of sp³-hybridized carbons (Fsp3) is 0.111. The number of H-pyrrole nitrogens is 1. The normalized spacial score (nSPS) is 10.0. The highest BCUT2D eigenvalue weighted by Crippen LogP contribution is 2.10. The lowest BCUT2D eigenvalue weighted by atomic mass is 10.3. The molecule has 4 nitrogen and oxygen atoms in total. The fourth-order valence-corrected chi connectivity index (χ4v) is 1.79. The van der Waals surface area contributed by atoms with Crippen molar-refractivity contribution < 1.29 is 4.79 Å².